The maximum absolute atomic E-state index is 12.3. The van der Waals surface area contributed by atoms with Crippen molar-refractivity contribution >= 4 is 16.5 Å². The molecule has 0 spiro atoms. The van der Waals surface area contributed by atoms with Crippen molar-refractivity contribution in [2.45, 2.75) is 25.4 Å². The van der Waals surface area contributed by atoms with E-state index in [0.29, 0.717) is 5.39 Å². The SMILES string of the molecule is CCn1ccnc1C1c2n[nH]c(=O)c3cccc(c23)NC1c1ccccc1. The van der Waals surface area contributed by atoms with Gasteiger partial charge in [-0.05, 0) is 24.6 Å². The van der Waals surface area contributed by atoms with Crippen LogP contribution in [-0.2, 0) is 6.54 Å². The van der Waals surface area contributed by atoms with Gasteiger partial charge in [0.2, 0.25) is 0 Å². The molecule has 5 rings (SSSR count). The smallest absolute Gasteiger partial charge is 0.272 e. The summed E-state index contributed by atoms with van der Waals surface area (Å²) in [5.74, 6) is 0.825. The van der Waals surface area contributed by atoms with Gasteiger partial charge in [-0.2, -0.15) is 5.10 Å². The van der Waals surface area contributed by atoms with E-state index in [9.17, 15) is 4.79 Å². The first-order valence-corrected chi connectivity index (χ1v) is 9.11. The molecule has 1 aliphatic rings. The number of aryl methyl sites for hydroxylation is 1. The van der Waals surface area contributed by atoms with E-state index >= 15 is 0 Å². The van der Waals surface area contributed by atoms with Crippen molar-refractivity contribution in [3.8, 4) is 0 Å². The number of H-pyrrole nitrogens is 1. The highest BCUT2D eigenvalue weighted by Crippen LogP contribution is 2.45. The molecule has 2 unspecified atom stereocenters. The van der Waals surface area contributed by atoms with Gasteiger partial charge in [0.15, 0.2) is 0 Å². The van der Waals surface area contributed by atoms with Crippen molar-refractivity contribution in [1.82, 2.24) is 19.7 Å². The largest absolute Gasteiger partial charge is 0.377 e. The van der Waals surface area contributed by atoms with E-state index in [-0.39, 0.29) is 17.5 Å². The van der Waals surface area contributed by atoms with Gasteiger partial charge in [-0.3, -0.25) is 4.79 Å². The maximum atomic E-state index is 12.3. The lowest BCUT2D eigenvalue weighted by Crippen LogP contribution is -2.29. The molecule has 0 radical (unpaired) electrons. The molecule has 0 fully saturated rings. The Morgan fingerprint density at radius 3 is 2.78 bits per heavy atom. The van der Waals surface area contributed by atoms with Crippen molar-refractivity contribution in [1.29, 1.82) is 0 Å². The second kappa shape index (κ2) is 6.09. The molecule has 3 heterocycles. The van der Waals surface area contributed by atoms with Gasteiger partial charge < -0.3 is 9.88 Å². The van der Waals surface area contributed by atoms with Gasteiger partial charge in [0, 0.05) is 30.0 Å². The highest BCUT2D eigenvalue weighted by atomic mass is 16.1. The number of aromatic nitrogens is 4. The van der Waals surface area contributed by atoms with Crippen LogP contribution in [0.25, 0.3) is 10.8 Å². The minimum atomic E-state index is -0.173. The highest BCUT2D eigenvalue weighted by molar-refractivity contribution is 5.97. The zero-order valence-corrected chi connectivity index (χ0v) is 14.9. The fourth-order valence-corrected chi connectivity index (χ4v) is 4.07. The third-order valence-corrected chi connectivity index (χ3v) is 5.31. The van der Waals surface area contributed by atoms with Crippen molar-refractivity contribution in [3.05, 3.63) is 88.4 Å². The van der Waals surface area contributed by atoms with Crippen LogP contribution in [-0.4, -0.2) is 19.7 Å². The second-order valence-electron chi connectivity index (χ2n) is 6.75. The fourth-order valence-electron chi connectivity index (χ4n) is 4.07. The monoisotopic (exact) mass is 357 g/mol. The van der Waals surface area contributed by atoms with E-state index in [2.05, 4.69) is 44.1 Å². The minimum Gasteiger partial charge on any atom is -0.377 e. The van der Waals surface area contributed by atoms with Gasteiger partial charge in [0.25, 0.3) is 5.56 Å². The van der Waals surface area contributed by atoms with Gasteiger partial charge in [-0.15, -0.1) is 0 Å². The third kappa shape index (κ3) is 2.37. The molecule has 134 valence electrons. The first kappa shape index (κ1) is 15.8. The van der Waals surface area contributed by atoms with E-state index in [1.165, 1.54) is 0 Å². The number of anilines is 1. The summed E-state index contributed by atoms with van der Waals surface area (Å²) in [5.41, 5.74) is 2.77. The predicted molar refractivity (Wildman–Crippen MR) is 105 cm³/mol. The van der Waals surface area contributed by atoms with E-state index in [1.54, 1.807) is 0 Å². The second-order valence-corrected chi connectivity index (χ2v) is 6.75. The topological polar surface area (TPSA) is 75.6 Å². The van der Waals surface area contributed by atoms with E-state index in [0.717, 1.165) is 34.7 Å². The summed E-state index contributed by atoms with van der Waals surface area (Å²) in [6.07, 6.45) is 3.81. The fraction of sp³-hybridized carbons (Fsp3) is 0.190. The molecule has 4 aromatic rings. The van der Waals surface area contributed by atoms with Crippen LogP contribution in [0.5, 0.6) is 0 Å². The van der Waals surface area contributed by atoms with E-state index in [1.807, 2.05) is 48.8 Å². The lowest BCUT2D eigenvalue weighted by molar-refractivity contribution is 0.565. The van der Waals surface area contributed by atoms with Gasteiger partial charge in [-0.25, -0.2) is 10.1 Å². The van der Waals surface area contributed by atoms with Crippen LogP contribution in [0.15, 0.2) is 65.7 Å². The highest BCUT2D eigenvalue weighted by Gasteiger charge is 2.37. The number of hydrogen-bond acceptors (Lipinski definition) is 4. The lowest BCUT2D eigenvalue weighted by Gasteiger charge is -2.34. The number of nitrogens with zero attached hydrogens (tertiary/aromatic N) is 3. The molecule has 0 amide bonds. The Morgan fingerprint density at radius 1 is 1.11 bits per heavy atom. The molecule has 0 aliphatic carbocycles. The van der Waals surface area contributed by atoms with E-state index in [4.69, 9.17) is 0 Å². The quantitative estimate of drug-likeness (QED) is 0.589. The molecule has 2 N–H and O–H groups in total. The normalized spacial score (nSPS) is 18.4. The number of imidazole rings is 1. The summed E-state index contributed by atoms with van der Waals surface area (Å²) in [7, 11) is 0. The Kier molecular flexibility index (Phi) is 3.57. The Balaban J connectivity index is 1.82. The molecule has 0 bridgehead atoms. The standard InChI is InChI=1S/C21H19N5O/c1-2-26-12-11-22-20(26)17-18(13-7-4-3-5-8-13)23-15-10-6-9-14-16(15)19(17)24-25-21(14)27/h3-12,17-18,23H,2H2,1H3,(H,25,27). The van der Waals surface area contributed by atoms with Crippen molar-refractivity contribution in [2.24, 2.45) is 0 Å². The molecule has 2 atom stereocenters. The third-order valence-electron chi connectivity index (χ3n) is 5.31. The van der Waals surface area contributed by atoms with Crippen LogP contribution < -0.4 is 10.9 Å². The van der Waals surface area contributed by atoms with Crippen LogP contribution in [0.1, 0.15) is 36.0 Å². The summed E-state index contributed by atoms with van der Waals surface area (Å²) < 4.78 is 2.13. The van der Waals surface area contributed by atoms with Gasteiger partial charge in [0.05, 0.1) is 23.0 Å². The molecule has 0 saturated carbocycles. The van der Waals surface area contributed by atoms with Crippen molar-refractivity contribution in [2.75, 3.05) is 5.32 Å². The van der Waals surface area contributed by atoms with Gasteiger partial charge >= 0.3 is 0 Å². The van der Waals surface area contributed by atoms with Crippen LogP contribution >= 0.6 is 0 Å². The van der Waals surface area contributed by atoms with Crippen molar-refractivity contribution in [3.63, 3.8) is 0 Å². The van der Waals surface area contributed by atoms with Gasteiger partial charge in [0.1, 0.15) is 5.82 Å². The molecular weight excluding hydrogens is 338 g/mol. The number of rotatable bonds is 3. The minimum absolute atomic E-state index is 0.0320. The van der Waals surface area contributed by atoms with E-state index < -0.39 is 0 Å². The Labute approximate surface area is 155 Å². The summed E-state index contributed by atoms with van der Waals surface area (Å²) in [4.78, 5) is 17.0. The zero-order valence-electron chi connectivity index (χ0n) is 14.9. The number of aromatic amines is 1. The van der Waals surface area contributed by atoms with Crippen LogP contribution in [0.4, 0.5) is 5.69 Å². The molecule has 0 saturated heterocycles. The van der Waals surface area contributed by atoms with Crippen LogP contribution in [0.3, 0.4) is 0 Å². The Morgan fingerprint density at radius 2 is 1.96 bits per heavy atom. The average molecular weight is 357 g/mol. The average Bonchev–Trinajstić information content (AvgIpc) is 3.19. The maximum Gasteiger partial charge on any atom is 0.272 e. The lowest BCUT2D eigenvalue weighted by atomic mass is 9.83. The Hall–Kier alpha value is -3.41. The first-order valence-electron chi connectivity index (χ1n) is 9.11. The number of hydrogen-bond donors (Lipinski definition) is 2. The summed E-state index contributed by atoms with van der Waals surface area (Å²) in [5, 5.41) is 12.4. The molecule has 27 heavy (non-hydrogen) atoms. The van der Waals surface area contributed by atoms with Gasteiger partial charge in [-0.1, -0.05) is 36.4 Å². The summed E-state index contributed by atoms with van der Waals surface area (Å²) in [6, 6.07) is 16.0. The Bertz CT molecular complexity index is 1180. The molecule has 6 heteroatoms. The number of nitrogens with one attached hydrogen (secondary N) is 2. The molecule has 2 aromatic carbocycles. The summed E-state index contributed by atoms with van der Waals surface area (Å²) >= 11 is 0. The molecule has 6 nitrogen and oxygen atoms in total. The number of benzene rings is 2. The molecule has 1 aliphatic heterocycles. The zero-order chi connectivity index (χ0) is 18.4. The predicted octanol–water partition coefficient (Wildman–Crippen LogP) is 3.44. The molecular formula is C21H19N5O. The van der Waals surface area contributed by atoms with Crippen molar-refractivity contribution < 1.29 is 0 Å². The molecule has 2 aromatic heterocycles. The van der Waals surface area contributed by atoms with Crippen LogP contribution in [0, 0.1) is 0 Å². The first-order chi connectivity index (χ1) is 13.3. The van der Waals surface area contributed by atoms with Crippen LogP contribution in [0.2, 0.25) is 0 Å². The summed E-state index contributed by atoms with van der Waals surface area (Å²) in [6.45, 7) is 2.92.